The Balaban J connectivity index is 2.04. The van der Waals surface area contributed by atoms with Crippen molar-refractivity contribution in [2.45, 2.75) is 52.1 Å². The van der Waals surface area contributed by atoms with Gasteiger partial charge in [0.1, 0.15) is 6.04 Å². The predicted molar refractivity (Wildman–Crippen MR) is 125 cm³/mol. The summed E-state index contributed by atoms with van der Waals surface area (Å²) in [6, 6.07) is 11.2. The first-order chi connectivity index (χ1) is 14.0. The van der Waals surface area contributed by atoms with E-state index in [2.05, 4.69) is 42.4 Å². The lowest BCUT2D eigenvalue weighted by atomic mass is 9.86. The number of rotatable bonds is 8. The second-order valence-corrected chi connectivity index (χ2v) is 10.2. The van der Waals surface area contributed by atoms with Gasteiger partial charge in [-0.15, -0.1) is 11.3 Å². The van der Waals surface area contributed by atoms with Gasteiger partial charge in [-0.25, -0.2) is 0 Å². The van der Waals surface area contributed by atoms with Gasteiger partial charge in [-0.1, -0.05) is 52.8 Å². The number of hydrogen-bond donors (Lipinski definition) is 2. The molecule has 0 aliphatic rings. The van der Waals surface area contributed by atoms with E-state index in [1.807, 2.05) is 63.7 Å². The number of amides is 2. The Morgan fingerprint density at radius 3 is 2.17 bits per heavy atom. The molecule has 0 spiro atoms. The second kappa shape index (κ2) is 10.2. The van der Waals surface area contributed by atoms with Gasteiger partial charge >= 0.3 is 0 Å². The molecule has 5 nitrogen and oxygen atoms in total. The summed E-state index contributed by atoms with van der Waals surface area (Å²) in [5.74, 6) is -0.415. The Hall–Kier alpha value is -2.18. The monoisotopic (exact) mass is 429 g/mol. The lowest BCUT2D eigenvalue weighted by Gasteiger charge is -2.26. The van der Waals surface area contributed by atoms with E-state index in [-0.39, 0.29) is 29.2 Å². The SMILES string of the molecule is CC(C)C(NC(=O)c1ccc(C(C)(C)C)cc1)C(=O)NCC(c1cccs1)N(C)C. The zero-order valence-corrected chi connectivity index (χ0v) is 20.0. The molecular formula is C24H35N3O2S. The molecule has 2 amide bonds. The van der Waals surface area contributed by atoms with Crippen molar-refractivity contribution in [3.63, 3.8) is 0 Å². The summed E-state index contributed by atoms with van der Waals surface area (Å²) in [6.07, 6.45) is 0. The van der Waals surface area contributed by atoms with Crippen LogP contribution in [0.2, 0.25) is 0 Å². The van der Waals surface area contributed by atoms with Crippen LogP contribution in [-0.4, -0.2) is 43.4 Å². The van der Waals surface area contributed by atoms with Crippen LogP contribution in [0, 0.1) is 5.92 Å². The maximum atomic E-state index is 12.9. The molecule has 2 atom stereocenters. The minimum atomic E-state index is -0.592. The minimum absolute atomic E-state index is 0.0256. The number of likely N-dealkylation sites (N-methyl/N-ethyl adjacent to an activating group) is 1. The fraction of sp³-hybridized carbons (Fsp3) is 0.500. The van der Waals surface area contributed by atoms with Crippen LogP contribution in [0.5, 0.6) is 0 Å². The molecule has 2 aromatic rings. The first-order valence-corrected chi connectivity index (χ1v) is 11.3. The lowest BCUT2D eigenvalue weighted by molar-refractivity contribution is -0.124. The molecule has 30 heavy (non-hydrogen) atoms. The molecule has 0 aliphatic heterocycles. The molecule has 2 unspecified atom stereocenters. The average molecular weight is 430 g/mol. The first-order valence-electron chi connectivity index (χ1n) is 10.4. The molecule has 1 aromatic heterocycles. The number of thiophene rings is 1. The quantitative estimate of drug-likeness (QED) is 0.660. The van der Waals surface area contributed by atoms with Crippen LogP contribution in [-0.2, 0) is 10.2 Å². The largest absolute Gasteiger partial charge is 0.352 e. The third kappa shape index (κ3) is 6.41. The van der Waals surface area contributed by atoms with Crippen LogP contribution in [0.15, 0.2) is 41.8 Å². The van der Waals surface area contributed by atoms with Crippen LogP contribution < -0.4 is 10.6 Å². The molecular weight excluding hydrogens is 394 g/mol. The fourth-order valence-electron chi connectivity index (χ4n) is 3.21. The lowest BCUT2D eigenvalue weighted by Crippen LogP contribution is -2.51. The van der Waals surface area contributed by atoms with Crippen molar-refractivity contribution < 1.29 is 9.59 Å². The third-order valence-electron chi connectivity index (χ3n) is 5.21. The van der Waals surface area contributed by atoms with Crippen LogP contribution >= 0.6 is 11.3 Å². The molecule has 0 fully saturated rings. The molecule has 2 rings (SSSR count). The molecule has 1 heterocycles. The molecule has 2 N–H and O–H groups in total. The fourth-order valence-corrected chi connectivity index (χ4v) is 4.13. The van der Waals surface area contributed by atoms with E-state index in [4.69, 9.17) is 0 Å². The predicted octanol–water partition coefficient (Wildman–Crippen LogP) is 4.22. The summed E-state index contributed by atoms with van der Waals surface area (Å²) < 4.78 is 0. The third-order valence-corrected chi connectivity index (χ3v) is 6.19. The van der Waals surface area contributed by atoms with Crippen molar-refractivity contribution in [2.24, 2.45) is 5.92 Å². The van der Waals surface area contributed by atoms with Gasteiger partial charge in [-0.05, 0) is 54.6 Å². The Bertz CT molecular complexity index is 821. The van der Waals surface area contributed by atoms with E-state index < -0.39 is 6.04 Å². The Morgan fingerprint density at radius 2 is 1.70 bits per heavy atom. The molecule has 0 saturated heterocycles. The smallest absolute Gasteiger partial charge is 0.251 e. The van der Waals surface area contributed by atoms with Gasteiger partial charge in [0, 0.05) is 17.0 Å². The highest BCUT2D eigenvalue weighted by atomic mass is 32.1. The van der Waals surface area contributed by atoms with Crippen LogP contribution in [0.4, 0.5) is 0 Å². The normalized spacial score (nSPS) is 13.9. The topological polar surface area (TPSA) is 61.4 Å². The molecule has 164 valence electrons. The minimum Gasteiger partial charge on any atom is -0.352 e. The molecule has 0 radical (unpaired) electrons. The highest BCUT2D eigenvalue weighted by Crippen LogP contribution is 2.23. The molecule has 6 heteroatoms. The van der Waals surface area contributed by atoms with Crippen LogP contribution in [0.3, 0.4) is 0 Å². The highest BCUT2D eigenvalue weighted by Gasteiger charge is 2.26. The average Bonchev–Trinajstić information content (AvgIpc) is 3.19. The number of carbonyl (C=O) groups is 2. The van der Waals surface area contributed by atoms with E-state index in [1.165, 1.54) is 10.4 Å². The van der Waals surface area contributed by atoms with E-state index in [1.54, 1.807) is 11.3 Å². The van der Waals surface area contributed by atoms with Gasteiger partial charge in [-0.3, -0.25) is 9.59 Å². The van der Waals surface area contributed by atoms with Crippen molar-refractivity contribution in [1.29, 1.82) is 0 Å². The highest BCUT2D eigenvalue weighted by molar-refractivity contribution is 7.10. The van der Waals surface area contributed by atoms with Gasteiger partial charge in [-0.2, -0.15) is 0 Å². The Morgan fingerprint density at radius 1 is 1.07 bits per heavy atom. The summed E-state index contributed by atoms with van der Waals surface area (Å²) in [7, 11) is 4.00. The number of carbonyl (C=O) groups excluding carboxylic acids is 2. The zero-order chi connectivity index (χ0) is 22.5. The van der Waals surface area contributed by atoms with E-state index in [0.717, 1.165) is 0 Å². The maximum Gasteiger partial charge on any atom is 0.251 e. The number of benzene rings is 1. The summed E-state index contributed by atoms with van der Waals surface area (Å²) in [5.41, 5.74) is 1.76. The van der Waals surface area contributed by atoms with Crippen LogP contribution in [0.25, 0.3) is 0 Å². The molecule has 0 aliphatic carbocycles. The number of nitrogens with one attached hydrogen (secondary N) is 2. The molecule has 1 aromatic carbocycles. The summed E-state index contributed by atoms with van der Waals surface area (Å²) in [4.78, 5) is 28.9. The van der Waals surface area contributed by atoms with Crippen molar-refractivity contribution in [3.8, 4) is 0 Å². The van der Waals surface area contributed by atoms with E-state index in [0.29, 0.717) is 12.1 Å². The summed E-state index contributed by atoms with van der Waals surface area (Å²) in [5, 5.41) is 7.98. The van der Waals surface area contributed by atoms with Gasteiger partial charge in [0.2, 0.25) is 5.91 Å². The standard InChI is InChI=1S/C24H35N3O2S/c1-16(2)21(23(29)25-15-19(27(6)7)20-9-8-14-30-20)26-22(28)17-10-12-18(13-11-17)24(3,4)5/h8-14,16,19,21H,15H2,1-7H3,(H,25,29)(H,26,28). The number of hydrogen-bond acceptors (Lipinski definition) is 4. The molecule has 0 bridgehead atoms. The van der Waals surface area contributed by atoms with Crippen molar-refractivity contribution >= 4 is 23.2 Å². The van der Waals surface area contributed by atoms with Crippen molar-refractivity contribution in [2.75, 3.05) is 20.6 Å². The maximum absolute atomic E-state index is 12.9. The summed E-state index contributed by atoms with van der Waals surface area (Å²) >= 11 is 1.67. The van der Waals surface area contributed by atoms with E-state index >= 15 is 0 Å². The molecule has 0 saturated carbocycles. The van der Waals surface area contributed by atoms with Gasteiger partial charge in [0.15, 0.2) is 0 Å². The Labute approximate surface area is 184 Å². The zero-order valence-electron chi connectivity index (χ0n) is 19.2. The van der Waals surface area contributed by atoms with E-state index in [9.17, 15) is 9.59 Å². The second-order valence-electron chi connectivity index (χ2n) is 9.26. The van der Waals surface area contributed by atoms with Gasteiger partial charge in [0.05, 0.1) is 6.04 Å². The number of nitrogens with zero attached hydrogens (tertiary/aromatic N) is 1. The summed E-state index contributed by atoms with van der Waals surface area (Å²) in [6.45, 7) is 10.8. The van der Waals surface area contributed by atoms with Gasteiger partial charge < -0.3 is 15.5 Å². The Kier molecular flexibility index (Phi) is 8.21. The first kappa shape index (κ1) is 24.1. The van der Waals surface area contributed by atoms with Crippen molar-refractivity contribution in [1.82, 2.24) is 15.5 Å². The van der Waals surface area contributed by atoms with Crippen molar-refractivity contribution in [3.05, 3.63) is 57.8 Å². The van der Waals surface area contributed by atoms with Gasteiger partial charge in [0.25, 0.3) is 5.91 Å². The van der Waals surface area contributed by atoms with Crippen LogP contribution in [0.1, 0.15) is 61.5 Å².